The summed E-state index contributed by atoms with van der Waals surface area (Å²) in [4.78, 5) is 12.1. The number of para-hydroxylation sites is 1. The topological polar surface area (TPSA) is 73.1 Å². The Balaban J connectivity index is 2.28. The van der Waals surface area contributed by atoms with Gasteiger partial charge in [0, 0.05) is 5.69 Å². The molecule has 2 N–H and O–H groups in total. The minimum atomic E-state index is -0.479. The van der Waals surface area contributed by atoms with Crippen molar-refractivity contribution < 1.29 is 9.90 Å². The Morgan fingerprint density at radius 2 is 2.00 bits per heavy atom. The van der Waals surface area contributed by atoms with Gasteiger partial charge in [-0.15, -0.1) is 0 Å². The number of phenols is 1. The molecule has 0 aromatic heterocycles. The fraction of sp³-hybridized carbons (Fsp3) is 0. The quantitative estimate of drug-likeness (QED) is 0.400. The molecule has 0 aliphatic heterocycles. The molecule has 0 aliphatic rings. The highest BCUT2D eigenvalue weighted by Gasteiger charge is 2.11. The highest BCUT2D eigenvalue weighted by Crippen LogP contribution is 2.31. The number of carbonyl (C=O) groups is 1. The monoisotopic (exact) mass is 468 g/mol. The van der Waals surface area contributed by atoms with Crippen molar-refractivity contribution in [2.24, 2.45) is 0 Å². The van der Waals surface area contributed by atoms with Gasteiger partial charge in [-0.05, 0) is 74.4 Å². The Hall–Kier alpha value is -1.85. The van der Waals surface area contributed by atoms with Gasteiger partial charge >= 0.3 is 0 Å². The lowest BCUT2D eigenvalue weighted by Gasteiger charge is -2.05. The SMILES string of the molecule is N#C/C(=C\c1cc(Br)c(O)c(I)c1)C(=O)Nc1ccccc1. The fourth-order valence-electron chi connectivity index (χ4n) is 1.70. The minimum Gasteiger partial charge on any atom is -0.506 e. The van der Waals surface area contributed by atoms with Gasteiger partial charge in [0.15, 0.2) is 0 Å². The molecular weight excluding hydrogens is 459 g/mol. The first kappa shape index (κ1) is 16.5. The molecule has 1 amide bonds. The van der Waals surface area contributed by atoms with Gasteiger partial charge in [0.1, 0.15) is 17.4 Å². The summed E-state index contributed by atoms with van der Waals surface area (Å²) in [6, 6.07) is 14.1. The molecule has 2 aromatic carbocycles. The van der Waals surface area contributed by atoms with E-state index in [4.69, 9.17) is 0 Å². The van der Waals surface area contributed by atoms with Crippen molar-refractivity contribution in [1.82, 2.24) is 0 Å². The standard InChI is InChI=1S/C16H10BrIN2O2/c17-13-7-10(8-14(18)15(13)21)6-11(9-19)16(22)20-12-4-2-1-3-5-12/h1-8,21H,(H,20,22)/b11-6+. The van der Waals surface area contributed by atoms with Crippen LogP contribution in [0.1, 0.15) is 5.56 Å². The zero-order valence-corrected chi connectivity index (χ0v) is 14.9. The summed E-state index contributed by atoms with van der Waals surface area (Å²) >= 11 is 5.21. The number of amides is 1. The van der Waals surface area contributed by atoms with Crippen LogP contribution in [0.25, 0.3) is 6.08 Å². The average molecular weight is 469 g/mol. The number of hydrogen-bond acceptors (Lipinski definition) is 3. The second-order valence-corrected chi connectivity index (χ2v) is 6.34. The molecule has 0 saturated carbocycles. The van der Waals surface area contributed by atoms with Crippen LogP contribution in [-0.2, 0) is 4.79 Å². The first-order valence-electron chi connectivity index (χ1n) is 6.17. The average Bonchev–Trinajstić information content (AvgIpc) is 2.51. The van der Waals surface area contributed by atoms with E-state index in [2.05, 4.69) is 21.2 Å². The summed E-state index contributed by atoms with van der Waals surface area (Å²) in [6.45, 7) is 0. The normalized spacial score (nSPS) is 10.9. The highest BCUT2D eigenvalue weighted by molar-refractivity contribution is 14.1. The number of hydrogen-bond donors (Lipinski definition) is 2. The molecule has 0 atom stereocenters. The number of nitrogens with zero attached hydrogens (tertiary/aromatic N) is 1. The zero-order valence-electron chi connectivity index (χ0n) is 11.2. The number of nitrogens with one attached hydrogen (secondary N) is 1. The predicted octanol–water partition coefficient (Wildman–Crippen LogP) is 4.30. The molecule has 4 nitrogen and oxygen atoms in total. The van der Waals surface area contributed by atoms with E-state index in [0.717, 1.165) is 0 Å². The molecule has 0 fully saturated rings. The van der Waals surface area contributed by atoms with Gasteiger partial charge in [0.25, 0.3) is 5.91 Å². The maximum Gasteiger partial charge on any atom is 0.266 e. The van der Waals surface area contributed by atoms with Gasteiger partial charge < -0.3 is 10.4 Å². The summed E-state index contributed by atoms with van der Waals surface area (Å²) < 4.78 is 1.13. The molecule has 6 heteroatoms. The van der Waals surface area contributed by atoms with E-state index in [0.29, 0.717) is 19.3 Å². The lowest BCUT2D eigenvalue weighted by molar-refractivity contribution is -0.112. The number of aromatic hydroxyl groups is 1. The van der Waals surface area contributed by atoms with E-state index in [1.165, 1.54) is 6.08 Å². The van der Waals surface area contributed by atoms with E-state index in [-0.39, 0.29) is 11.3 Å². The molecule has 110 valence electrons. The van der Waals surface area contributed by atoms with Crippen LogP contribution in [0.5, 0.6) is 5.75 Å². The lowest BCUT2D eigenvalue weighted by Crippen LogP contribution is -2.13. The Morgan fingerprint density at radius 3 is 2.59 bits per heavy atom. The number of anilines is 1. The second kappa shape index (κ2) is 7.42. The molecule has 0 unspecified atom stereocenters. The third-order valence-corrected chi connectivity index (χ3v) is 4.17. The maximum absolute atomic E-state index is 12.1. The van der Waals surface area contributed by atoms with Crippen molar-refractivity contribution in [3.05, 3.63) is 61.6 Å². The van der Waals surface area contributed by atoms with E-state index in [1.54, 1.807) is 36.4 Å². The second-order valence-electron chi connectivity index (χ2n) is 4.32. The van der Waals surface area contributed by atoms with E-state index in [1.807, 2.05) is 34.7 Å². The van der Waals surface area contributed by atoms with Crippen molar-refractivity contribution in [2.75, 3.05) is 5.32 Å². The van der Waals surface area contributed by atoms with E-state index in [9.17, 15) is 15.2 Å². The van der Waals surface area contributed by atoms with Gasteiger partial charge in [0.2, 0.25) is 0 Å². The van der Waals surface area contributed by atoms with Crippen molar-refractivity contribution in [1.29, 1.82) is 5.26 Å². The van der Waals surface area contributed by atoms with Crippen LogP contribution < -0.4 is 5.32 Å². The summed E-state index contributed by atoms with van der Waals surface area (Å²) in [5.74, 6) is -0.349. The molecule has 2 aromatic rings. The van der Waals surface area contributed by atoms with Crippen molar-refractivity contribution in [3.8, 4) is 11.8 Å². The number of halogens is 2. The number of benzene rings is 2. The Morgan fingerprint density at radius 1 is 1.32 bits per heavy atom. The molecule has 0 radical (unpaired) electrons. The van der Waals surface area contributed by atoms with Crippen LogP contribution in [0.4, 0.5) is 5.69 Å². The van der Waals surface area contributed by atoms with Crippen molar-refractivity contribution in [2.45, 2.75) is 0 Å². The molecule has 2 rings (SSSR count). The van der Waals surface area contributed by atoms with Crippen molar-refractivity contribution in [3.63, 3.8) is 0 Å². The molecular formula is C16H10BrIN2O2. The Bertz CT molecular complexity index is 759. The number of nitriles is 1. The summed E-state index contributed by atoms with van der Waals surface area (Å²) in [5, 5.41) is 21.6. The highest BCUT2D eigenvalue weighted by atomic mass is 127. The van der Waals surface area contributed by atoms with Gasteiger partial charge in [0.05, 0.1) is 8.04 Å². The van der Waals surface area contributed by atoms with Crippen LogP contribution >= 0.6 is 38.5 Å². The Labute approximate surface area is 149 Å². The van der Waals surface area contributed by atoms with Crippen LogP contribution in [-0.4, -0.2) is 11.0 Å². The first-order valence-corrected chi connectivity index (χ1v) is 8.04. The predicted molar refractivity (Wildman–Crippen MR) is 97.2 cm³/mol. The largest absolute Gasteiger partial charge is 0.506 e. The van der Waals surface area contributed by atoms with Crippen LogP contribution in [0, 0.1) is 14.9 Å². The van der Waals surface area contributed by atoms with E-state index >= 15 is 0 Å². The summed E-state index contributed by atoms with van der Waals surface area (Å²) in [6.07, 6.45) is 1.48. The molecule has 0 heterocycles. The molecule has 0 bridgehead atoms. The number of carbonyl (C=O) groups excluding carboxylic acids is 1. The summed E-state index contributed by atoms with van der Waals surface area (Å²) in [5.41, 5.74) is 1.25. The first-order chi connectivity index (χ1) is 10.5. The maximum atomic E-state index is 12.1. The molecule has 0 aliphatic carbocycles. The molecule has 0 spiro atoms. The number of phenolic OH excluding ortho intramolecular Hbond substituents is 1. The van der Waals surface area contributed by atoms with Crippen molar-refractivity contribution >= 4 is 56.2 Å². The smallest absolute Gasteiger partial charge is 0.266 e. The Kier molecular flexibility index (Phi) is 5.57. The zero-order chi connectivity index (χ0) is 16.1. The number of rotatable bonds is 3. The fourth-order valence-corrected chi connectivity index (χ4v) is 3.20. The van der Waals surface area contributed by atoms with Gasteiger partial charge in [-0.2, -0.15) is 5.26 Å². The van der Waals surface area contributed by atoms with Crippen LogP contribution in [0.2, 0.25) is 0 Å². The third-order valence-electron chi connectivity index (χ3n) is 2.75. The van der Waals surface area contributed by atoms with Gasteiger partial charge in [-0.3, -0.25) is 4.79 Å². The van der Waals surface area contributed by atoms with Crippen LogP contribution in [0.15, 0.2) is 52.5 Å². The third kappa shape index (κ3) is 4.08. The summed E-state index contributed by atoms with van der Waals surface area (Å²) in [7, 11) is 0. The van der Waals surface area contributed by atoms with Gasteiger partial charge in [-0.25, -0.2) is 0 Å². The lowest BCUT2D eigenvalue weighted by atomic mass is 10.1. The van der Waals surface area contributed by atoms with Crippen LogP contribution in [0.3, 0.4) is 0 Å². The van der Waals surface area contributed by atoms with E-state index < -0.39 is 5.91 Å². The molecule has 22 heavy (non-hydrogen) atoms. The van der Waals surface area contributed by atoms with Gasteiger partial charge in [-0.1, -0.05) is 18.2 Å². The minimum absolute atomic E-state index is 0.0164. The molecule has 0 saturated heterocycles.